The second-order valence-electron chi connectivity index (χ2n) is 8.76. The third-order valence-electron chi connectivity index (χ3n) is 5.70. The molecule has 0 aromatic heterocycles. The highest BCUT2D eigenvalue weighted by atomic mass is 16.5. The first-order valence-corrected chi connectivity index (χ1v) is 10.8. The number of amides is 1. The number of hydrogen-bond donors (Lipinski definition) is 0. The molecule has 29 heavy (non-hydrogen) atoms. The van der Waals surface area contributed by atoms with Crippen LogP contribution in [0.2, 0.25) is 0 Å². The van der Waals surface area contributed by atoms with Gasteiger partial charge in [0.1, 0.15) is 11.9 Å². The Bertz CT molecular complexity index is 666. The molecule has 0 unspecified atom stereocenters. The van der Waals surface area contributed by atoms with E-state index in [1.165, 1.54) is 12.0 Å². The molecule has 1 heterocycles. The maximum Gasteiger partial charge on any atom is 0.253 e. The molecule has 0 N–H and O–H groups in total. The van der Waals surface area contributed by atoms with Crippen molar-refractivity contribution in [3.8, 4) is 5.75 Å². The van der Waals surface area contributed by atoms with Gasteiger partial charge in [0, 0.05) is 44.8 Å². The van der Waals surface area contributed by atoms with Crippen molar-refractivity contribution in [2.45, 2.75) is 51.7 Å². The molecule has 1 aromatic rings. The van der Waals surface area contributed by atoms with Crippen LogP contribution in [0.15, 0.2) is 36.4 Å². The predicted molar refractivity (Wildman–Crippen MR) is 121 cm³/mol. The zero-order chi connectivity index (χ0) is 21.4. The van der Waals surface area contributed by atoms with E-state index >= 15 is 0 Å². The molecule has 0 bridgehead atoms. The Morgan fingerprint density at radius 2 is 1.93 bits per heavy atom. The molecule has 1 atom stereocenters. The lowest BCUT2D eigenvalue weighted by Gasteiger charge is -2.36. The molecule has 1 amide bonds. The van der Waals surface area contributed by atoms with Gasteiger partial charge >= 0.3 is 0 Å². The Hall–Kier alpha value is -1.85. The first kappa shape index (κ1) is 23.4. The molecular formula is C24H39N3O2. The number of benzene rings is 1. The minimum absolute atomic E-state index is 0.0402. The van der Waals surface area contributed by atoms with Crippen molar-refractivity contribution >= 4 is 5.91 Å². The standard InChI is InChI=1S/C24H39N3O2/c1-19(2)10-11-20(3)27-14-12-22(13-15-27)29-23-9-7-8-21(18-23)24(28)26(6)17-16-25(4)5/h7-9,18,20,22H,1,10-17H2,2-6H3/t20-/m0/s1. The van der Waals surface area contributed by atoms with Gasteiger partial charge in [-0.15, -0.1) is 6.58 Å². The van der Waals surface area contributed by atoms with Crippen LogP contribution in [0.3, 0.4) is 0 Å². The lowest BCUT2D eigenvalue weighted by molar-refractivity contribution is 0.0758. The smallest absolute Gasteiger partial charge is 0.253 e. The molecule has 0 saturated carbocycles. The normalized spacial score (nSPS) is 16.6. The van der Waals surface area contributed by atoms with E-state index in [9.17, 15) is 4.79 Å². The molecule has 1 fully saturated rings. The Labute approximate surface area is 177 Å². The Kier molecular flexibility index (Phi) is 9.18. The fourth-order valence-electron chi connectivity index (χ4n) is 3.64. The highest BCUT2D eigenvalue weighted by molar-refractivity contribution is 5.94. The fraction of sp³-hybridized carbons (Fsp3) is 0.625. The van der Waals surface area contributed by atoms with Crippen molar-refractivity contribution < 1.29 is 9.53 Å². The third kappa shape index (κ3) is 7.82. The summed E-state index contributed by atoms with van der Waals surface area (Å²) < 4.78 is 6.23. The summed E-state index contributed by atoms with van der Waals surface area (Å²) in [7, 11) is 5.88. The molecule has 1 aliphatic rings. The summed E-state index contributed by atoms with van der Waals surface area (Å²) in [5, 5.41) is 0. The van der Waals surface area contributed by atoms with Crippen molar-refractivity contribution in [2.24, 2.45) is 0 Å². The summed E-state index contributed by atoms with van der Waals surface area (Å²) in [5.41, 5.74) is 1.95. The number of carbonyl (C=O) groups excluding carboxylic acids is 1. The molecule has 0 spiro atoms. The van der Waals surface area contributed by atoms with Crippen LogP contribution in [0, 0.1) is 0 Å². The highest BCUT2D eigenvalue weighted by Gasteiger charge is 2.24. The number of nitrogens with zero attached hydrogens (tertiary/aromatic N) is 3. The lowest BCUT2D eigenvalue weighted by Crippen LogP contribution is -2.43. The largest absolute Gasteiger partial charge is 0.490 e. The van der Waals surface area contributed by atoms with Crippen molar-refractivity contribution in [3.05, 3.63) is 42.0 Å². The summed E-state index contributed by atoms with van der Waals surface area (Å²) >= 11 is 0. The molecule has 5 heteroatoms. The number of piperidine rings is 1. The van der Waals surface area contributed by atoms with Crippen LogP contribution in [-0.4, -0.2) is 80.1 Å². The maximum absolute atomic E-state index is 12.7. The number of likely N-dealkylation sites (N-methyl/N-ethyl adjacent to an activating group) is 2. The first-order chi connectivity index (χ1) is 13.8. The molecule has 1 aromatic carbocycles. The van der Waals surface area contributed by atoms with Gasteiger partial charge in [0.05, 0.1) is 0 Å². The van der Waals surface area contributed by atoms with Crippen LogP contribution < -0.4 is 4.74 Å². The number of ether oxygens (including phenoxy) is 1. The monoisotopic (exact) mass is 401 g/mol. The zero-order valence-corrected chi connectivity index (χ0v) is 19.0. The van der Waals surface area contributed by atoms with Gasteiger partial charge in [-0.3, -0.25) is 4.79 Å². The van der Waals surface area contributed by atoms with E-state index in [2.05, 4.69) is 30.2 Å². The van der Waals surface area contributed by atoms with Crippen LogP contribution in [-0.2, 0) is 0 Å². The molecule has 162 valence electrons. The van der Waals surface area contributed by atoms with Gasteiger partial charge in [0.25, 0.3) is 5.91 Å². The quantitative estimate of drug-likeness (QED) is 0.557. The van der Waals surface area contributed by atoms with E-state index in [1.54, 1.807) is 4.90 Å². The van der Waals surface area contributed by atoms with E-state index in [4.69, 9.17) is 4.74 Å². The van der Waals surface area contributed by atoms with Crippen LogP contribution in [0.25, 0.3) is 0 Å². The molecule has 1 aliphatic heterocycles. The van der Waals surface area contributed by atoms with Crippen molar-refractivity contribution in [1.29, 1.82) is 0 Å². The summed E-state index contributed by atoms with van der Waals surface area (Å²) in [6, 6.07) is 8.21. The van der Waals surface area contributed by atoms with Crippen LogP contribution >= 0.6 is 0 Å². The van der Waals surface area contributed by atoms with E-state index in [1.807, 2.05) is 45.4 Å². The highest BCUT2D eigenvalue weighted by Crippen LogP contribution is 2.23. The average Bonchev–Trinajstić information content (AvgIpc) is 2.70. The predicted octanol–water partition coefficient (Wildman–Crippen LogP) is 3.91. The number of allylic oxidation sites excluding steroid dienone is 1. The third-order valence-corrected chi connectivity index (χ3v) is 5.70. The number of likely N-dealkylation sites (tertiary alicyclic amines) is 1. The zero-order valence-electron chi connectivity index (χ0n) is 19.0. The summed E-state index contributed by atoms with van der Waals surface area (Å²) in [6.07, 6.45) is 4.54. The lowest BCUT2D eigenvalue weighted by atomic mass is 10.0. The topological polar surface area (TPSA) is 36.0 Å². The second kappa shape index (κ2) is 11.4. The van der Waals surface area contributed by atoms with Crippen LogP contribution in [0.5, 0.6) is 5.75 Å². The fourth-order valence-corrected chi connectivity index (χ4v) is 3.64. The van der Waals surface area contributed by atoms with E-state index in [0.717, 1.165) is 44.6 Å². The minimum atomic E-state index is 0.0402. The molecule has 0 radical (unpaired) electrons. The number of hydrogen-bond acceptors (Lipinski definition) is 4. The summed E-state index contributed by atoms with van der Waals surface area (Å²) in [4.78, 5) is 19.1. The average molecular weight is 402 g/mol. The van der Waals surface area contributed by atoms with Crippen molar-refractivity contribution in [1.82, 2.24) is 14.7 Å². The summed E-state index contributed by atoms with van der Waals surface area (Å²) in [6.45, 7) is 12.1. The Balaban J connectivity index is 1.85. The molecule has 5 nitrogen and oxygen atoms in total. The van der Waals surface area contributed by atoms with Gasteiger partial charge in [-0.1, -0.05) is 11.6 Å². The van der Waals surface area contributed by atoms with Gasteiger partial charge in [-0.25, -0.2) is 0 Å². The number of carbonyl (C=O) groups is 1. The SMILES string of the molecule is C=C(C)CC[C@H](C)N1CCC(Oc2cccc(C(=O)N(C)CCN(C)C)c2)CC1. The molecule has 1 saturated heterocycles. The Morgan fingerprint density at radius 1 is 1.24 bits per heavy atom. The van der Waals surface area contributed by atoms with Crippen LogP contribution in [0.1, 0.15) is 49.9 Å². The van der Waals surface area contributed by atoms with Gasteiger partial charge in [0.2, 0.25) is 0 Å². The van der Waals surface area contributed by atoms with E-state index in [0.29, 0.717) is 18.2 Å². The second-order valence-corrected chi connectivity index (χ2v) is 8.76. The van der Waals surface area contributed by atoms with Crippen molar-refractivity contribution in [2.75, 3.05) is 47.3 Å². The molecule has 2 rings (SSSR count). The van der Waals surface area contributed by atoms with Crippen molar-refractivity contribution in [3.63, 3.8) is 0 Å². The molecular weight excluding hydrogens is 362 g/mol. The van der Waals surface area contributed by atoms with Gasteiger partial charge in [0.15, 0.2) is 0 Å². The van der Waals surface area contributed by atoms with Gasteiger partial charge < -0.3 is 19.4 Å². The van der Waals surface area contributed by atoms with E-state index < -0.39 is 0 Å². The first-order valence-electron chi connectivity index (χ1n) is 10.8. The number of rotatable bonds is 10. The maximum atomic E-state index is 12.7. The van der Waals surface area contributed by atoms with Crippen LogP contribution in [0.4, 0.5) is 0 Å². The van der Waals surface area contributed by atoms with E-state index in [-0.39, 0.29) is 12.0 Å². The Morgan fingerprint density at radius 3 is 2.55 bits per heavy atom. The van der Waals surface area contributed by atoms with Gasteiger partial charge in [-0.05, 0) is 71.8 Å². The molecule has 0 aliphatic carbocycles. The minimum Gasteiger partial charge on any atom is -0.490 e. The van der Waals surface area contributed by atoms with Gasteiger partial charge in [-0.2, -0.15) is 0 Å². The summed E-state index contributed by atoms with van der Waals surface area (Å²) in [5.74, 6) is 0.837.